The van der Waals surface area contributed by atoms with Crippen molar-refractivity contribution in [3.63, 3.8) is 0 Å². The summed E-state index contributed by atoms with van der Waals surface area (Å²) in [6.45, 7) is 4.57. The van der Waals surface area contributed by atoms with E-state index in [-0.39, 0.29) is 5.69 Å². The predicted molar refractivity (Wildman–Crippen MR) is 124 cm³/mol. The molecule has 0 aliphatic rings. The molecule has 0 saturated carbocycles. The van der Waals surface area contributed by atoms with Gasteiger partial charge in [-0.3, -0.25) is 15.1 Å². The highest BCUT2D eigenvalue weighted by atomic mass is 16.6. The number of non-ortho nitro benzene ring substituents is 1. The van der Waals surface area contributed by atoms with Crippen LogP contribution in [0.3, 0.4) is 0 Å². The number of fused-ring (bicyclic) bond motifs is 3. The number of rotatable bonds is 5. The second-order valence-electron chi connectivity index (χ2n) is 7.54. The maximum atomic E-state index is 11.4. The maximum Gasteiger partial charge on any atom is 0.271 e. The summed E-state index contributed by atoms with van der Waals surface area (Å²) in [6, 6.07) is 20.3. The lowest BCUT2D eigenvalue weighted by atomic mass is 10.1. The molecular formula is C25H20N4O3. The lowest BCUT2D eigenvalue weighted by Crippen LogP contribution is -1.99. The van der Waals surface area contributed by atoms with Gasteiger partial charge in [0.15, 0.2) is 0 Å². The smallest absolute Gasteiger partial charge is 0.271 e. The molecule has 0 fully saturated rings. The fourth-order valence-corrected chi connectivity index (χ4v) is 3.91. The van der Waals surface area contributed by atoms with Gasteiger partial charge in [-0.25, -0.2) is 4.68 Å². The summed E-state index contributed by atoms with van der Waals surface area (Å²) < 4.78 is 7.34. The molecule has 0 radical (unpaired) electrons. The maximum absolute atomic E-state index is 11.4. The summed E-state index contributed by atoms with van der Waals surface area (Å²) in [5.41, 5.74) is 5.11. The molecule has 0 aliphatic heterocycles. The van der Waals surface area contributed by atoms with E-state index < -0.39 is 4.92 Å². The first-order valence-corrected chi connectivity index (χ1v) is 10.3. The zero-order valence-electron chi connectivity index (χ0n) is 17.6. The molecule has 0 N–H and O–H groups in total. The quantitative estimate of drug-likeness (QED) is 0.261. The Labute approximate surface area is 184 Å². The molecule has 5 aromatic rings. The van der Waals surface area contributed by atoms with E-state index in [1.807, 2.05) is 62.5 Å². The van der Waals surface area contributed by atoms with E-state index in [0.29, 0.717) is 12.3 Å². The first-order chi connectivity index (χ1) is 15.5. The second-order valence-corrected chi connectivity index (χ2v) is 7.54. The minimum Gasteiger partial charge on any atom is -0.494 e. The Morgan fingerprint density at radius 1 is 1.03 bits per heavy atom. The summed E-state index contributed by atoms with van der Waals surface area (Å²) in [7, 11) is 0. The fraction of sp³-hybridized carbons (Fsp3) is 0.120. The Kier molecular flexibility index (Phi) is 4.78. The molecule has 0 saturated heterocycles. The van der Waals surface area contributed by atoms with Crippen molar-refractivity contribution in [2.45, 2.75) is 13.8 Å². The number of nitro groups is 1. The van der Waals surface area contributed by atoms with Gasteiger partial charge in [-0.2, -0.15) is 5.10 Å². The van der Waals surface area contributed by atoms with Crippen molar-refractivity contribution in [2.75, 3.05) is 6.61 Å². The fourth-order valence-electron chi connectivity index (χ4n) is 3.91. The molecule has 0 aliphatic carbocycles. The number of pyridine rings is 1. The van der Waals surface area contributed by atoms with E-state index in [1.54, 1.807) is 10.7 Å². The molecule has 2 aromatic heterocycles. The van der Waals surface area contributed by atoms with Gasteiger partial charge < -0.3 is 4.74 Å². The van der Waals surface area contributed by atoms with Gasteiger partial charge in [0.05, 0.1) is 28.3 Å². The van der Waals surface area contributed by atoms with Gasteiger partial charge in [-0.1, -0.05) is 17.7 Å². The Bertz CT molecular complexity index is 1470. The van der Waals surface area contributed by atoms with Crippen molar-refractivity contribution in [2.24, 2.45) is 0 Å². The first-order valence-electron chi connectivity index (χ1n) is 10.3. The van der Waals surface area contributed by atoms with Crippen LogP contribution in [-0.4, -0.2) is 26.3 Å². The molecule has 0 atom stereocenters. The molecule has 158 valence electrons. The molecule has 3 aromatic carbocycles. The van der Waals surface area contributed by atoms with Crippen molar-refractivity contribution in [1.82, 2.24) is 14.8 Å². The van der Waals surface area contributed by atoms with Crippen LogP contribution in [0.25, 0.3) is 38.8 Å². The molecule has 7 heteroatoms. The minimum absolute atomic E-state index is 0.0170. The third kappa shape index (κ3) is 3.33. The van der Waals surface area contributed by atoms with Gasteiger partial charge in [-0.05, 0) is 56.3 Å². The third-order valence-corrected chi connectivity index (χ3v) is 5.39. The van der Waals surface area contributed by atoms with Crippen molar-refractivity contribution in [3.05, 3.63) is 88.6 Å². The van der Waals surface area contributed by atoms with Crippen LogP contribution in [0.4, 0.5) is 5.69 Å². The molecule has 0 amide bonds. The minimum atomic E-state index is -0.396. The van der Waals surface area contributed by atoms with Crippen LogP contribution in [0.5, 0.6) is 5.75 Å². The normalized spacial score (nSPS) is 11.2. The standard InChI is InChI=1S/C25H20N4O3/c1-3-32-20-10-8-17(9-11-20)24-22-15-26-23-12-7-16(2)13-21(23)25(22)28(27-24)18-5-4-6-19(14-18)29(30)31/h4-15H,3H2,1-2H3. The SMILES string of the molecule is CCOc1ccc(-c2nn(-c3cccc([N+](=O)[O-])c3)c3c2cnc2ccc(C)cc23)cc1. The van der Waals surface area contributed by atoms with E-state index in [4.69, 9.17) is 9.84 Å². The number of hydrogen-bond donors (Lipinski definition) is 0. The number of nitrogens with zero attached hydrogens (tertiary/aromatic N) is 4. The lowest BCUT2D eigenvalue weighted by Gasteiger charge is -2.06. The topological polar surface area (TPSA) is 83.1 Å². The van der Waals surface area contributed by atoms with Crippen LogP contribution >= 0.6 is 0 Å². The van der Waals surface area contributed by atoms with Crippen LogP contribution in [0.15, 0.2) is 72.9 Å². The molecule has 32 heavy (non-hydrogen) atoms. The van der Waals surface area contributed by atoms with Crippen LogP contribution in [-0.2, 0) is 0 Å². The number of ether oxygens (including phenoxy) is 1. The summed E-state index contributed by atoms with van der Waals surface area (Å²) in [5.74, 6) is 0.790. The molecule has 0 bridgehead atoms. The van der Waals surface area contributed by atoms with Crippen molar-refractivity contribution < 1.29 is 9.66 Å². The largest absolute Gasteiger partial charge is 0.494 e. The van der Waals surface area contributed by atoms with Crippen molar-refractivity contribution >= 4 is 27.5 Å². The molecular weight excluding hydrogens is 404 g/mol. The van der Waals surface area contributed by atoms with E-state index in [0.717, 1.165) is 44.4 Å². The summed E-state index contributed by atoms with van der Waals surface area (Å²) >= 11 is 0. The number of hydrogen-bond acceptors (Lipinski definition) is 5. The highest BCUT2D eigenvalue weighted by Gasteiger charge is 2.18. The molecule has 0 spiro atoms. The Morgan fingerprint density at radius 2 is 1.84 bits per heavy atom. The number of aryl methyl sites for hydroxylation is 1. The number of benzene rings is 3. The van der Waals surface area contributed by atoms with Gasteiger partial charge in [0.25, 0.3) is 5.69 Å². The first kappa shape index (κ1) is 19.7. The third-order valence-electron chi connectivity index (χ3n) is 5.39. The Hall–Kier alpha value is -4.26. The van der Waals surface area contributed by atoms with E-state index in [2.05, 4.69) is 11.1 Å². The van der Waals surface area contributed by atoms with Gasteiger partial charge in [0, 0.05) is 34.7 Å². The number of aromatic nitrogens is 3. The zero-order chi connectivity index (χ0) is 22.2. The summed E-state index contributed by atoms with van der Waals surface area (Å²) in [6.07, 6.45) is 1.82. The predicted octanol–water partition coefficient (Wildman–Crippen LogP) is 5.86. The van der Waals surface area contributed by atoms with Crippen LogP contribution in [0.1, 0.15) is 12.5 Å². The zero-order valence-corrected chi connectivity index (χ0v) is 17.6. The van der Waals surface area contributed by atoms with E-state index in [9.17, 15) is 10.1 Å². The van der Waals surface area contributed by atoms with Crippen LogP contribution < -0.4 is 4.74 Å². The average Bonchev–Trinajstić information content (AvgIpc) is 3.20. The van der Waals surface area contributed by atoms with Gasteiger partial charge in [0.1, 0.15) is 11.4 Å². The summed E-state index contributed by atoms with van der Waals surface area (Å²) in [5, 5.41) is 18.1. The second kappa shape index (κ2) is 7.77. The molecule has 7 nitrogen and oxygen atoms in total. The summed E-state index contributed by atoms with van der Waals surface area (Å²) in [4.78, 5) is 15.6. The van der Waals surface area contributed by atoms with Crippen LogP contribution in [0, 0.1) is 17.0 Å². The average molecular weight is 424 g/mol. The van der Waals surface area contributed by atoms with Crippen molar-refractivity contribution in [1.29, 1.82) is 0 Å². The van der Waals surface area contributed by atoms with E-state index >= 15 is 0 Å². The number of nitro benzene ring substituents is 1. The molecule has 5 rings (SSSR count). The van der Waals surface area contributed by atoms with Gasteiger partial charge in [-0.15, -0.1) is 0 Å². The molecule has 0 unspecified atom stereocenters. The monoisotopic (exact) mass is 424 g/mol. The Morgan fingerprint density at radius 3 is 2.59 bits per heavy atom. The van der Waals surface area contributed by atoms with Crippen molar-refractivity contribution in [3.8, 4) is 22.7 Å². The highest BCUT2D eigenvalue weighted by Crippen LogP contribution is 2.35. The Balaban J connectivity index is 1.81. The molecule has 2 heterocycles. The van der Waals surface area contributed by atoms with Gasteiger partial charge >= 0.3 is 0 Å². The van der Waals surface area contributed by atoms with Crippen LogP contribution in [0.2, 0.25) is 0 Å². The lowest BCUT2D eigenvalue weighted by molar-refractivity contribution is -0.384. The highest BCUT2D eigenvalue weighted by molar-refractivity contribution is 6.09. The van der Waals surface area contributed by atoms with E-state index in [1.165, 1.54) is 12.1 Å². The van der Waals surface area contributed by atoms with Gasteiger partial charge in [0.2, 0.25) is 0 Å².